The molecule has 18 heavy (non-hydrogen) atoms. The number of rotatable bonds is 3. The number of nitrogens with two attached hydrogens (primary N) is 1. The number of benzene rings is 2. The summed E-state index contributed by atoms with van der Waals surface area (Å²) in [7, 11) is 1.90. The van der Waals surface area contributed by atoms with Gasteiger partial charge >= 0.3 is 0 Å². The normalized spacial score (nSPS) is 10.4. The average molecular weight is 265 g/mol. The van der Waals surface area contributed by atoms with E-state index in [0.29, 0.717) is 12.2 Å². The summed E-state index contributed by atoms with van der Waals surface area (Å²) in [6.07, 6.45) is 0. The summed E-state index contributed by atoms with van der Waals surface area (Å²) in [5, 5.41) is 0.0825. The Morgan fingerprint density at radius 1 is 1.22 bits per heavy atom. The lowest BCUT2D eigenvalue weighted by atomic mass is 10.2. The lowest BCUT2D eigenvalue weighted by Gasteiger charge is -2.21. The Balaban J connectivity index is 2.24. The van der Waals surface area contributed by atoms with Crippen molar-refractivity contribution in [2.75, 3.05) is 17.7 Å². The molecule has 0 fully saturated rings. The highest BCUT2D eigenvalue weighted by Gasteiger charge is 2.10. The second kappa shape index (κ2) is 5.27. The minimum absolute atomic E-state index is 0.0825. The molecule has 0 aromatic heterocycles. The molecule has 0 bridgehead atoms. The first-order valence-corrected chi connectivity index (χ1v) is 5.95. The average Bonchev–Trinajstić information content (AvgIpc) is 2.35. The first-order chi connectivity index (χ1) is 8.58. The number of hydrogen-bond acceptors (Lipinski definition) is 2. The minimum Gasteiger partial charge on any atom is -0.397 e. The SMILES string of the molecule is CN(Cc1ccccc1)c1cc(Cl)c(F)cc1N. The van der Waals surface area contributed by atoms with Crippen LogP contribution in [-0.4, -0.2) is 7.05 Å². The van der Waals surface area contributed by atoms with Gasteiger partial charge < -0.3 is 10.6 Å². The van der Waals surface area contributed by atoms with Gasteiger partial charge in [0.2, 0.25) is 0 Å². The zero-order chi connectivity index (χ0) is 13.1. The van der Waals surface area contributed by atoms with E-state index in [1.54, 1.807) is 6.07 Å². The van der Waals surface area contributed by atoms with Crippen molar-refractivity contribution in [3.8, 4) is 0 Å². The Morgan fingerprint density at radius 3 is 2.56 bits per heavy atom. The molecule has 0 unspecified atom stereocenters. The number of nitrogens with zero attached hydrogens (tertiary/aromatic N) is 1. The van der Waals surface area contributed by atoms with E-state index in [-0.39, 0.29) is 5.02 Å². The fraction of sp³-hybridized carbons (Fsp3) is 0.143. The van der Waals surface area contributed by atoms with Crippen molar-refractivity contribution in [1.82, 2.24) is 0 Å². The molecular weight excluding hydrogens is 251 g/mol. The van der Waals surface area contributed by atoms with Crippen molar-refractivity contribution in [2.45, 2.75) is 6.54 Å². The molecule has 2 N–H and O–H groups in total. The molecule has 2 rings (SSSR count). The molecule has 94 valence electrons. The van der Waals surface area contributed by atoms with E-state index in [4.69, 9.17) is 17.3 Å². The van der Waals surface area contributed by atoms with E-state index < -0.39 is 5.82 Å². The lowest BCUT2D eigenvalue weighted by Crippen LogP contribution is -2.17. The van der Waals surface area contributed by atoms with Gasteiger partial charge in [0.1, 0.15) is 5.82 Å². The van der Waals surface area contributed by atoms with Crippen molar-refractivity contribution < 1.29 is 4.39 Å². The van der Waals surface area contributed by atoms with E-state index >= 15 is 0 Å². The Bertz CT molecular complexity index is 543. The number of hydrogen-bond donors (Lipinski definition) is 1. The molecule has 0 heterocycles. The number of nitrogen functional groups attached to an aromatic ring is 1. The standard InChI is InChI=1S/C14H14ClFN2/c1-18(9-10-5-3-2-4-6-10)14-7-11(15)12(16)8-13(14)17/h2-8H,9,17H2,1H3. The molecule has 0 radical (unpaired) electrons. The van der Waals surface area contributed by atoms with Crippen molar-refractivity contribution in [3.63, 3.8) is 0 Å². The summed E-state index contributed by atoms with van der Waals surface area (Å²) < 4.78 is 13.2. The van der Waals surface area contributed by atoms with Gasteiger partial charge in [-0.1, -0.05) is 41.9 Å². The fourth-order valence-electron chi connectivity index (χ4n) is 1.82. The van der Waals surface area contributed by atoms with Crippen LogP contribution in [0.3, 0.4) is 0 Å². The highest BCUT2D eigenvalue weighted by atomic mass is 35.5. The van der Waals surface area contributed by atoms with E-state index in [9.17, 15) is 4.39 Å². The van der Waals surface area contributed by atoms with Crippen molar-refractivity contribution >= 4 is 23.0 Å². The predicted octanol–water partition coefficient (Wildman–Crippen LogP) is 3.70. The molecule has 0 atom stereocenters. The van der Waals surface area contributed by atoms with E-state index in [2.05, 4.69) is 0 Å². The summed E-state index contributed by atoms with van der Waals surface area (Å²) in [6, 6.07) is 12.8. The molecular formula is C14H14ClFN2. The van der Waals surface area contributed by atoms with Crippen LogP contribution in [0.1, 0.15) is 5.56 Å². The lowest BCUT2D eigenvalue weighted by molar-refractivity contribution is 0.628. The van der Waals surface area contributed by atoms with Crippen molar-refractivity contribution in [3.05, 3.63) is 58.9 Å². The van der Waals surface area contributed by atoms with Crippen LogP contribution < -0.4 is 10.6 Å². The Morgan fingerprint density at radius 2 is 1.89 bits per heavy atom. The van der Waals surface area contributed by atoms with Gasteiger partial charge in [-0.25, -0.2) is 4.39 Å². The quantitative estimate of drug-likeness (QED) is 0.857. The highest BCUT2D eigenvalue weighted by molar-refractivity contribution is 6.31. The van der Waals surface area contributed by atoms with Gasteiger partial charge in [0.05, 0.1) is 16.4 Å². The summed E-state index contributed by atoms with van der Waals surface area (Å²) in [5.74, 6) is -0.494. The maximum Gasteiger partial charge on any atom is 0.143 e. The molecule has 0 saturated carbocycles. The molecule has 2 aromatic rings. The Kier molecular flexibility index (Phi) is 3.72. The van der Waals surface area contributed by atoms with Crippen molar-refractivity contribution in [1.29, 1.82) is 0 Å². The molecule has 4 heteroatoms. The highest BCUT2D eigenvalue weighted by Crippen LogP contribution is 2.29. The van der Waals surface area contributed by atoms with Gasteiger partial charge in [0.25, 0.3) is 0 Å². The Labute approximate surface area is 111 Å². The molecule has 2 nitrogen and oxygen atoms in total. The molecule has 0 saturated heterocycles. The van der Waals surface area contributed by atoms with Gasteiger partial charge in [-0.3, -0.25) is 0 Å². The first kappa shape index (κ1) is 12.7. The largest absolute Gasteiger partial charge is 0.397 e. The maximum absolute atomic E-state index is 13.2. The zero-order valence-corrected chi connectivity index (χ0v) is 10.8. The van der Waals surface area contributed by atoms with Gasteiger partial charge in [-0.05, 0) is 11.6 Å². The smallest absolute Gasteiger partial charge is 0.143 e. The van der Waals surface area contributed by atoms with E-state index in [0.717, 1.165) is 11.3 Å². The van der Waals surface area contributed by atoms with Gasteiger partial charge in [-0.15, -0.1) is 0 Å². The molecule has 0 aliphatic heterocycles. The van der Waals surface area contributed by atoms with Gasteiger partial charge in [0.15, 0.2) is 0 Å². The van der Waals surface area contributed by atoms with Gasteiger partial charge in [0, 0.05) is 19.7 Å². The van der Waals surface area contributed by atoms with Crippen LogP contribution in [0.5, 0.6) is 0 Å². The molecule has 0 amide bonds. The first-order valence-electron chi connectivity index (χ1n) is 5.57. The summed E-state index contributed by atoms with van der Waals surface area (Å²) >= 11 is 5.78. The zero-order valence-electron chi connectivity index (χ0n) is 10.0. The number of anilines is 2. The van der Waals surface area contributed by atoms with Crippen LogP contribution in [-0.2, 0) is 6.54 Å². The second-order valence-corrected chi connectivity index (χ2v) is 4.57. The van der Waals surface area contributed by atoms with Crippen LogP contribution >= 0.6 is 11.6 Å². The Hall–Kier alpha value is -1.74. The van der Waals surface area contributed by atoms with Crippen molar-refractivity contribution in [2.24, 2.45) is 0 Å². The van der Waals surface area contributed by atoms with E-state index in [1.165, 1.54) is 6.07 Å². The molecule has 0 aliphatic carbocycles. The monoisotopic (exact) mass is 264 g/mol. The third-order valence-electron chi connectivity index (χ3n) is 2.74. The minimum atomic E-state index is -0.494. The van der Waals surface area contributed by atoms with E-state index in [1.807, 2.05) is 42.3 Å². The maximum atomic E-state index is 13.2. The van der Waals surface area contributed by atoms with Crippen LogP contribution in [0, 0.1) is 5.82 Å². The third kappa shape index (κ3) is 2.74. The summed E-state index contributed by atoms with van der Waals surface area (Å²) in [4.78, 5) is 1.94. The molecule has 0 aliphatic rings. The van der Waals surface area contributed by atoms with Crippen LogP contribution in [0.15, 0.2) is 42.5 Å². The topological polar surface area (TPSA) is 29.3 Å². The van der Waals surface area contributed by atoms with Gasteiger partial charge in [-0.2, -0.15) is 0 Å². The summed E-state index contributed by atoms with van der Waals surface area (Å²) in [6.45, 7) is 0.688. The fourth-order valence-corrected chi connectivity index (χ4v) is 1.98. The summed E-state index contributed by atoms with van der Waals surface area (Å²) in [5.41, 5.74) is 8.07. The van der Waals surface area contributed by atoms with Crippen LogP contribution in [0.2, 0.25) is 5.02 Å². The molecule has 0 spiro atoms. The van der Waals surface area contributed by atoms with Crippen LogP contribution in [0.25, 0.3) is 0 Å². The van der Waals surface area contributed by atoms with Crippen LogP contribution in [0.4, 0.5) is 15.8 Å². The molecule has 2 aromatic carbocycles. The number of halogens is 2. The predicted molar refractivity (Wildman–Crippen MR) is 74.4 cm³/mol. The second-order valence-electron chi connectivity index (χ2n) is 4.17. The third-order valence-corrected chi connectivity index (χ3v) is 3.03.